The van der Waals surface area contributed by atoms with Gasteiger partial charge in [-0.1, -0.05) is 82.8 Å². The van der Waals surface area contributed by atoms with E-state index in [1.165, 1.54) is 68.9 Å². The molecule has 1 aliphatic rings. The van der Waals surface area contributed by atoms with E-state index >= 15 is 0 Å². The Morgan fingerprint density at radius 2 is 1.62 bits per heavy atom. The van der Waals surface area contributed by atoms with Crippen molar-refractivity contribution >= 4 is 0 Å². The van der Waals surface area contributed by atoms with E-state index in [-0.39, 0.29) is 0 Å². The van der Waals surface area contributed by atoms with Gasteiger partial charge >= 0.3 is 0 Å². The quantitative estimate of drug-likeness (QED) is 0.316. The van der Waals surface area contributed by atoms with Gasteiger partial charge in [-0.3, -0.25) is 0 Å². The lowest BCUT2D eigenvalue weighted by Crippen LogP contribution is -1.89. The number of unbranched alkanes of at least 4 members (excludes halogenated alkanes) is 3. The molecule has 0 amide bonds. The van der Waals surface area contributed by atoms with Gasteiger partial charge in [0.1, 0.15) is 0 Å². The molecule has 0 bridgehead atoms. The van der Waals surface area contributed by atoms with Crippen LogP contribution >= 0.6 is 0 Å². The molecule has 0 aromatic rings. The number of hydrogen-bond acceptors (Lipinski definition) is 0. The molecular formula is C21H38. The molecule has 1 rings (SSSR count). The molecular weight excluding hydrogens is 252 g/mol. The fraction of sp³-hybridized carbons (Fsp3) is 0.714. The van der Waals surface area contributed by atoms with Crippen molar-refractivity contribution in [1.29, 1.82) is 0 Å². The summed E-state index contributed by atoms with van der Waals surface area (Å²) in [6.45, 7) is 15.4. The number of hydrogen-bond donors (Lipinski definition) is 0. The van der Waals surface area contributed by atoms with Crippen LogP contribution in [-0.4, -0.2) is 0 Å². The second-order valence-electron chi connectivity index (χ2n) is 6.22. The highest BCUT2D eigenvalue weighted by Gasteiger charge is 2.13. The van der Waals surface area contributed by atoms with Crippen molar-refractivity contribution in [1.82, 2.24) is 0 Å². The summed E-state index contributed by atoms with van der Waals surface area (Å²) in [5.74, 6) is 0. The summed E-state index contributed by atoms with van der Waals surface area (Å²) in [5.41, 5.74) is 6.11. The zero-order valence-electron chi connectivity index (χ0n) is 15.4. The molecule has 0 nitrogen and oxygen atoms in total. The van der Waals surface area contributed by atoms with E-state index in [0.717, 1.165) is 6.42 Å². The first-order valence-corrected chi connectivity index (χ1v) is 9.15. The van der Waals surface area contributed by atoms with Gasteiger partial charge in [-0.25, -0.2) is 0 Å². The summed E-state index contributed by atoms with van der Waals surface area (Å²) in [4.78, 5) is 0. The van der Waals surface area contributed by atoms with Crippen LogP contribution in [0.3, 0.4) is 0 Å². The van der Waals surface area contributed by atoms with E-state index in [9.17, 15) is 0 Å². The molecule has 0 saturated carbocycles. The first-order valence-electron chi connectivity index (χ1n) is 9.15. The van der Waals surface area contributed by atoms with Gasteiger partial charge in [0.05, 0.1) is 0 Å². The predicted molar refractivity (Wildman–Crippen MR) is 98.8 cm³/mol. The second-order valence-corrected chi connectivity index (χ2v) is 6.22. The van der Waals surface area contributed by atoms with Crippen LogP contribution in [0.4, 0.5) is 0 Å². The zero-order chi connectivity index (χ0) is 16.1. The van der Waals surface area contributed by atoms with Crippen LogP contribution in [0, 0.1) is 0 Å². The summed E-state index contributed by atoms with van der Waals surface area (Å²) in [5, 5.41) is 0. The SMILES string of the molecule is C=C(CC1=C(CC)CCC1)/C(C)=C/CCC.CCCCC. The standard InChI is InChI=1S/C16H26.C5H12/c1-5-7-9-13(3)14(4)12-16-11-8-10-15(16)6-2;1-3-5-4-2/h9H,4-8,10-12H2,1-3H3;3-5H2,1-2H3/b13-9+;. The summed E-state index contributed by atoms with van der Waals surface area (Å²) in [6, 6.07) is 0. The molecule has 0 N–H and O–H groups in total. The number of rotatable bonds is 8. The van der Waals surface area contributed by atoms with E-state index < -0.39 is 0 Å². The third-order valence-corrected chi connectivity index (χ3v) is 4.31. The van der Waals surface area contributed by atoms with Gasteiger partial charge in [0.2, 0.25) is 0 Å². The van der Waals surface area contributed by atoms with Crippen LogP contribution in [-0.2, 0) is 0 Å². The molecule has 0 spiro atoms. The maximum atomic E-state index is 4.24. The zero-order valence-corrected chi connectivity index (χ0v) is 15.4. The van der Waals surface area contributed by atoms with E-state index in [2.05, 4.69) is 47.3 Å². The summed E-state index contributed by atoms with van der Waals surface area (Å²) < 4.78 is 0. The van der Waals surface area contributed by atoms with E-state index in [0.29, 0.717) is 0 Å². The lowest BCUT2D eigenvalue weighted by atomic mass is 9.97. The smallest absolute Gasteiger partial charge is 0.00678 e. The van der Waals surface area contributed by atoms with Gasteiger partial charge in [-0.15, -0.1) is 0 Å². The maximum absolute atomic E-state index is 4.24. The molecule has 0 fully saturated rings. The molecule has 0 aromatic heterocycles. The average Bonchev–Trinajstić information content (AvgIpc) is 2.93. The molecule has 0 aromatic carbocycles. The Hall–Kier alpha value is -0.780. The Morgan fingerprint density at radius 3 is 2.10 bits per heavy atom. The van der Waals surface area contributed by atoms with Crippen molar-refractivity contribution in [2.24, 2.45) is 0 Å². The molecule has 0 atom stereocenters. The van der Waals surface area contributed by atoms with Crippen LogP contribution < -0.4 is 0 Å². The van der Waals surface area contributed by atoms with E-state index in [4.69, 9.17) is 0 Å². The Labute approximate surface area is 134 Å². The molecule has 0 heterocycles. The lowest BCUT2D eigenvalue weighted by molar-refractivity contribution is 0.772. The minimum atomic E-state index is 1.12. The van der Waals surface area contributed by atoms with Gasteiger partial charge in [0.15, 0.2) is 0 Å². The van der Waals surface area contributed by atoms with Crippen LogP contribution in [0.2, 0.25) is 0 Å². The lowest BCUT2D eigenvalue weighted by Gasteiger charge is -2.09. The topological polar surface area (TPSA) is 0 Å². The fourth-order valence-corrected chi connectivity index (χ4v) is 2.76. The van der Waals surface area contributed by atoms with Gasteiger partial charge in [-0.05, 0) is 51.0 Å². The highest BCUT2D eigenvalue weighted by atomic mass is 14.2. The van der Waals surface area contributed by atoms with Crippen LogP contribution in [0.25, 0.3) is 0 Å². The molecule has 21 heavy (non-hydrogen) atoms. The normalized spacial score (nSPS) is 15.0. The monoisotopic (exact) mass is 290 g/mol. The van der Waals surface area contributed by atoms with Gasteiger partial charge in [0, 0.05) is 0 Å². The minimum absolute atomic E-state index is 1.12. The van der Waals surface area contributed by atoms with Gasteiger partial charge in [-0.2, -0.15) is 0 Å². The van der Waals surface area contributed by atoms with Crippen LogP contribution in [0.1, 0.15) is 98.8 Å². The van der Waals surface area contributed by atoms with Crippen molar-refractivity contribution in [2.75, 3.05) is 0 Å². The molecule has 0 aliphatic heterocycles. The molecule has 1 aliphatic carbocycles. The summed E-state index contributed by atoms with van der Waals surface area (Å²) in [6.07, 6.45) is 15.2. The predicted octanol–water partition coefficient (Wildman–Crippen LogP) is 7.77. The third kappa shape index (κ3) is 8.96. The Bertz CT molecular complexity index is 339. The van der Waals surface area contributed by atoms with Crippen LogP contribution in [0.15, 0.2) is 34.9 Å². The third-order valence-electron chi connectivity index (χ3n) is 4.31. The summed E-state index contributed by atoms with van der Waals surface area (Å²) in [7, 11) is 0. The van der Waals surface area contributed by atoms with Gasteiger partial charge in [0.25, 0.3) is 0 Å². The molecule has 0 radical (unpaired) electrons. The van der Waals surface area contributed by atoms with Crippen molar-refractivity contribution in [2.45, 2.75) is 98.8 Å². The fourth-order valence-electron chi connectivity index (χ4n) is 2.76. The minimum Gasteiger partial charge on any atom is -0.0953 e. The largest absolute Gasteiger partial charge is 0.0953 e. The molecule has 0 unspecified atom stereocenters. The second kappa shape index (κ2) is 12.9. The summed E-state index contributed by atoms with van der Waals surface area (Å²) >= 11 is 0. The first kappa shape index (κ1) is 20.2. The van der Waals surface area contributed by atoms with Gasteiger partial charge < -0.3 is 0 Å². The molecule has 0 heteroatoms. The maximum Gasteiger partial charge on any atom is -0.00678 e. The molecule has 122 valence electrons. The highest BCUT2D eigenvalue weighted by Crippen LogP contribution is 2.33. The average molecular weight is 291 g/mol. The van der Waals surface area contributed by atoms with Crippen molar-refractivity contribution in [3.63, 3.8) is 0 Å². The number of allylic oxidation sites excluding steroid dienone is 5. The van der Waals surface area contributed by atoms with E-state index in [1.54, 1.807) is 11.1 Å². The Balaban J connectivity index is 0.000000690. The van der Waals surface area contributed by atoms with Crippen molar-refractivity contribution in [3.05, 3.63) is 34.9 Å². The van der Waals surface area contributed by atoms with Crippen molar-refractivity contribution in [3.8, 4) is 0 Å². The first-order chi connectivity index (χ1) is 10.1. The van der Waals surface area contributed by atoms with E-state index in [1.807, 2.05) is 0 Å². The van der Waals surface area contributed by atoms with Crippen molar-refractivity contribution < 1.29 is 0 Å². The molecule has 0 saturated heterocycles. The van der Waals surface area contributed by atoms with Crippen LogP contribution in [0.5, 0.6) is 0 Å². The highest BCUT2D eigenvalue weighted by molar-refractivity contribution is 5.33. The Kier molecular flexibility index (Phi) is 12.4. The Morgan fingerprint density at radius 1 is 1.00 bits per heavy atom.